The molecule has 0 unspecified atom stereocenters. The zero-order valence-electron chi connectivity index (χ0n) is 11.3. The molecular weight excluding hydrogens is 258 g/mol. The smallest absolute Gasteiger partial charge is 0.276 e. The largest absolute Gasteiger partial charge is 0.358 e. The van der Waals surface area contributed by atoms with E-state index in [4.69, 9.17) is 4.52 Å². The number of benzene rings is 1. The summed E-state index contributed by atoms with van der Waals surface area (Å²) in [5, 5.41) is 6.21. The average Bonchev–Trinajstić information content (AvgIpc) is 2.97. The second-order valence-corrected chi connectivity index (χ2v) is 4.28. The third kappa shape index (κ3) is 3.03. The molecule has 2 aromatic rings. The highest BCUT2D eigenvalue weighted by Gasteiger charge is 2.19. The van der Waals surface area contributed by atoms with Gasteiger partial charge in [0.05, 0.1) is 6.54 Å². The van der Waals surface area contributed by atoms with E-state index in [9.17, 15) is 9.59 Å². The Hall–Kier alpha value is -2.63. The van der Waals surface area contributed by atoms with Crippen molar-refractivity contribution in [3.05, 3.63) is 42.1 Å². The van der Waals surface area contributed by atoms with Crippen LogP contribution in [0.5, 0.6) is 0 Å². The van der Waals surface area contributed by atoms with E-state index in [1.54, 1.807) is 6.07 Å². The molecule has 2 rings (SSSR count). The molecule has 0 spiro atoms. The van der Waals surface area contributed by atoms with E-state index in [2.05, 4.69) is 10.5 Å². The van der Waals surface area contributed by atoms with Crippen molar-refractivity contribution < 1.29 is 14.1 Å². The lowest BCUT2D eigenvalue weighted by Crippen LogP contribution is -2.37. The minimum atomic E-state index is -0.362. The number of nitrogens with one attached hydrogen (secondary N) is 1. The SMILES string of the molecule is CNC(=O)CN(C)C(=O)c1cc(-c2ccccc2)on1. The van der Waals surface area contributed by atoms with Crippen molar-refractivity contribution in [3.63, 3.8) is 0 Å². The molecule has 6 heteroatoms. The molecule has 0 atom stereocenters. The Labute approximate surface area is 116 Å². The van der Waals surface area contributed by atoms with Crippen molar-refractivity contribution >= 4 is 11.8 Å². The molecule has 0 aliphatic rings. The number of hydrogen-bond donors (Lipinski definition) is 1. The van der Waals surface area contributed by atoms with Gasteiger partial charge in [0, 0.05) is 25.7 Å². The van der Waals surface area contributed by atoms with Crippen LogP contribution in [0.25, 0.3) is 11.3 Å². The predicted molar refractivity (Wildman–Crippen MR) is 73.0 cm³/mol. The van der Waals surface area contributed by atoms with Gasteiger partial charge in [-0.25, -0.2) is 0 Å². The van der Waals surface area contributed by atoms with Crippen LogP contribution in [0, 0.1) is 0 Å². The first-order valence-corrected chi connectivity index (χ1v) is 6.10. The van der Waals surface area contributed by atoms with E-state index in [-0.39, 0.29) is 24.1 Å². The fraction of sp³-hybridized carbons (Fsp3) is 0.214. The fourth-order valence-corrected chi connectivity index (χ4v) is 1.68. The molecular formula is C14H15N3O3. The lowest BCUT2D eigenvalue weighted by atomic mass is 10.1. The molecule has 0 aliphatic heterocycles. The Morgan fingerprint density at radius 2 is 2.00 bits per heavy atom. The first kappa shape index (κ1) is 13.8. The van der Waals surface area contributed by atoms with Crippen molar-refractivity contribution in [1.29, 1.82) is 0 Å². The highest BCUT2D eigenvalue weighted by molar-refractivity contribution is 5.95. The summed E-state index contributed by atoms with van der Waals surface area (Å²) in [6, 6.07) is 10.9. The monoisotopic (exact) mass is 273 g/mol. The van der Waals surface area contributed by atoms with Gasteiger partial charge in [-0.1, -0.05) is 35.5 Å². The van der Waals surface area contributed by atoms with E-state index >= 15 is 0 Å². The molecule has 0 fully saturated rings. The average molecular weight is 273 g/mol. The maximum Gasteiger partial charge on any atom is 0.276 e. The number of aromatic nitrogens is 1. The molecule has 0 bridgehead atoms. The summed E-state index contributed by atoms with van der Waals surface area (Å²) in [5.41, 5.74) is 1.02. The van der Waals surface area contributed by atoms with Crippen LogP contribution in [0.1, 0.15) is 10.5 Å². The molecule has 104 valence electrons. The third-order valence-electron chi connectivity index (χ3n) is 2.79. The Balaban J connectivity index is 2.12. The first-order chi connectivity index (χ1) is 9.61. The van der Waals surface area contributed by atoms with Gasteiger partial charge in [-0.05, 0) is 0 Å². The van der Waals surface area contributed by atoms with Gasteiger partial charge < -0.3 is 14.7 Å². The van der Waals surface area contributed by atoms with Gasteiger partial charge in [-0.2, -0.15) is 0 Å². The van der Waals surface area contributed by atoms with Crippen molar-refractivity contribution in [2.75, 3.05) is 20.6 Å². The van der Waals surface area contributed by atoms with Crippen molar-refractivity contribution in [3.8, 4) is 11.3 Å². The second kappa shape index (κ2) is 6.01. The van der Waals surface area contributed by atoms with Gasteiger partial charge in [-0.3, -0.25) is 9.59 Å². The normalized spacial score (nSPS) is 10.1. The molecule has 0 saturated heterocycles. The Morgan fingerprint density at radius 1 is 1.30 bits per heavy atom. The Bertz CT molecular complexity index is 607. The summed E-state index contributed by atoms with van der Waals surface area (Å²) in [6.07, 6.45) is 0. The summed E-state index contributed by atoms with van der Waals surface area (Å²) < 4.78 is 5.16. The zero-order chi connectivity index (χ0) is 14.5. The van der Waals surface area contributed by atoms with Gasteiger partial charge in [0.15, 0.2) is 11.5 Å². The van der Waals surface area contributed by atoms with Crippen molar-refractivity contribution in [1.82, 2.24) is 15.4 Å². The van der Waals surface area contributed by atoms with Crippen LogP contribution in [0.2, 0.25) is 0 Å². The van der Waals surface area contributed by atoms with Gasteiger partial charge in [0.1, 0.15) is 0 Å². The van der Waals surface area contributed by atoms with Crippen LogP contribution in [-0.4, -0.2) is 42.5 Å². The minimum Gasteiger partial charge on any atom is -0.358 e. The molecule has 1 aromatic heterocycles. The number of rotatable bonds is 4. The van der Waals surface area contributed by atoms with E-state index in [1.807, 2.05) is 30.3 Å². The lowest BCUT2D eigenvalue weighted by Gasteiger charge is -2.13. The fourth-order valence-electron chi connectivity index (χ4n) is 1.68. The van der Waals surface area contributed by atoms with Gasteiger partial charge >= 0.3 is 0 Å². The topological polar surface area (TPSA) is 75.4 Å². The van der Waals surface area contributed by atoms with Crippen LogP contribution < -0.4 is 5.32 Å². The van der Waals surface area contributed by atoms with Crippen molar-refractivity contribution in [2.45, 2.75) is 0 Å². The maximum absolute atomic E-state index is 12.1. The Kier molecular flexibility index (Phi) is 4.14. The molecule has 2 amide bonds. The molecule has 6 nitrogen and oxygen atoms in total. The molecule has 0 saturated carbocycles. The molecule has 1 N–H and O–H groups in total. The molecule has 1 heterocycles. The maximum atomic E-state index is 12.1. The number of likely N-dealkylation sites (N-methyl/N-ethyl adjacent to an activating group) is 2. The van der Waals surface area contributed by atoms with Crippen LogP contribution in [0.3, 0.4) is 0 Å². The number of carbonyl (C=O) groups excluding carboxylic acids is 2. The molecule has 0 aliphatic carbocycles. The van der Waals surface area contributed by atoms with Gasteiger partial charge in [-0.15, -0.1) is 0 Å². The highest BCUT2D eigenvalue weighted by atomic mass is 16.5. The van der Waals surface area contributed by atoms with E-state index < -0.39 is 0 Å². The number of carbonyl (C=O) groups is 2. The quantitative estimate of drug-likeness (QED) is 0.907. The summed E-state index contributed by atoms with van der Waals surface area (Å²) in [4.78, 5) is 24.6. The van der Waals surface area contributed by atoms with E-state index in [0.717, 1.165) is 5.56 Å². The summed E-state index contributed by atoms with van der Waals surface area (Å²) in [6.45, 7) is -0.0249. The summed E-state index contributed by atoms with van der Waals surface area (Å²) in [5.74, 6) is -0.0885. The number of amides is 2. The van der Waals surface area contributed by atoms with Gasteiger partial charge in [0.2, 0.25) is 5.91 Å². The zero-order valence-corrected chi connectivity index (χ0v) is 11.3. The minimum absolute atomic E-state index is 0.0249. The van der Waals surface area contributed by atoms with Gasteiger partial charge in [0.25, 0.3) is 5.91 Å². The molecule has 1 aromatic carbocycles. The molecule has 20 heavy (non-hydrogen) atoms. The summed E-state index contributed by atoms with van der Waals surface area (Å²) in [7, 11) is 3.05. The third-order valence-corrected chi connectivity index (χ3v) is 2.79. The predicted octanol–water partition coefficient (Wildman–Crippen LogP) is 1.16. The highest BCUT2D eigenvalue weighted by Crippen LogP contribution is 2.20. The lowest BCUT2D eigenvalue weighted by molar-refractivity contribution is -0.121. The van der Waals surface area contributed by atoms with Crippen LogP contribution >= 0.6 is 0 Å². The summed E-state index contributed by atoms with van der Waals surface area (Å²) >= 11 is 0. The second-order valence-electron chi connectivity index (χ2n) is 4.28. The van der Waals surface area contributed by atoms with E-state index in [1.165, 1.54) is 19.0 Å². The van der Waals surface area contributed by atoms with Crippen LogP contribution in [-0.2, 0) is 4.79 Å². The molecule has 0 radical (unpaired) electrons. The Morgan fingerprint density at radius 3 is 2.65 bits per heavy atom. The van der Waals surface area contributed by atoms with E-state index in [0.29, 0.717) is 5.76 Å². The standard InChI is InChI=1S/C14H15N3O3/c1-15-13(18)9-17(2)14(19)11-8-12(20-16-11)10-6-4-3-5-7-10/h3-8H,9H2,1-2H3,(H,15,18). The van der Waals surface area contributed by atoms with Crippen LogP contribution in [0.15, 0.2) is 40.9 Å². The number of nitrogens with zero attached hydrogens (tertiary/aromatic N) is 2. The van der Waals surface area contributed by atoms with Crippen molar-refractivity contribution in [2.24, 2.45) is 0 Å². The van der Waals surface area contributed by atoms with Crippen LogP contribution in [0.4, 0.5) is 0 Å². The first-order valence-electron chi connectivity index (χ1n) is 6.10. The number of hydrogen-bond acceptors (Lipinski definition) is 4.